The Kier molecular flexibility index (Phi) is 9.40. The first-order valence-corrected chi connectivity index (χ1v) is 15.3. The van der Waals surface area contributed by atoms with Crippen molar-refractivity contribution in [1.29, 1.82) is 0 Å². The number of nitro benzene ring substituents is 1. The molecular formula is C29H35FN4O8S. The van der Waals surface area contributed by atoms with Crippen LogP contribution in [0.2, 0.25) is 0 Å². The number of rotatable bonds is 8. The number of nitrogens with zero attached hydrogens (tertiary/aromatic N) is 2. The molecule has 0 spiro atoms. The summed E-state index contributed by atoms with van der Waals surface area (Å²) in [6, 6.07) is 8.88. The molecule has 14 heteroatoms. The number of sulfonamides is 1. The first-order valence-electron chi connectivity index (χ1n) is 13.8. The minimum Gasteiger partial charge on any atom is -0.444 e. The summed E-state index contributed by atoms with van der Waals surface area (Å²) in [5.41, 5.74) is -2.15. The lowest BCUT2D eigenvalue weighted by atomic mass is 9.96. The number of alkyl halides is 1. The highest BCUT2D eigenvalue weighted by molar-refractivity contribution is 7.90. The van der Waals surface area contributed by atoms with E-state index in [0.717, 1.165) is 17.7 Å². The van der Waals surface area contributed by atoms with Gasteiger partial charge in [-0.2, -0.15) is 0 Å². The predicted molar refractivity (Wildman–Crippen MR) is 156 cm³/mol. The summed E-state index contributed by atoms with van der Waals surface area (Å²) in [7, 11) is -4.50. The van der Waals surface area contributed by atoms with E-state index in [0.29, 0.717) is 13.0 Å². The molecule has 4 rings (SSSR count). The second-order valence-electron chi connectivity index (χ2n) is 11.5. The predicted octanol–water partition coefficient (Wildman–Crippen LogP) is 4.88. The molecule has 0 aliphatic carbocycles. The minimum absolute atomic E-state index is 0.0278. The van der Waals surface area contributed by atoms with Crippen LogP contribution in [0.1, 0.15) is 62.0 Å². The fraction of sp³-hybridized carbons (Fsp3) is 0.448. The number of amides is 2. The number of hydrogen-bond donors (Lipinski definition) is 2. The standard InChI is InChI=1S/C29H35FN4O8S/c1-28(2,3)42-27(36)33-15-5-4-6-24(33)20-7-9-21(10-8-20)26(35)32-43(39,40)22-11-12-23(25(18-22)34(37)38)31-19-29(30)13-16-41-17-14-29/h4-5,7-12,18,24,31H,6,13-17,19H2,1-3H3,(H,32,35). The molecule has 0 bridgehead atoms. The van der Waals surface area contributed by atoms with Gasteiger partial charge >= 0.3 is 6.09 Å². The number of hydrogen-bond acceptors (Lipinski definition) is 9. The third-order valence-electron chi connectivity index (χ3n) is 7.08. The van der Waals surface area contributed by atoms with Gasteiger partial charge in [0.05, 0.1) is 15.9 Å². The third-order valence-corrected chi connectivity index (χ3v) is 8.41. The second-order valence-corrected chi connectivity index (χ2v) is 13.1. The molecule has 1 atom stereocenters. The van der Waals surface area contributed by atoms with E-state index in [1.54, 1.807) is 37.8 Å². The normalized spacial score (nSPS) is 18.5. The van der Waals surface area contributed by atoms with Crippen molar-refractivity contribution >= 4 is 33.4 Å². The Balaban J connectivity index is 1.46. The fourth-order valence-corrected chi connectivity index (χ4v) is 5.74. The molecule has 2 aliphatic heterocycles. The van der Waals surface area contributed by atoms with E-state index in [2.05, 4.69) is 5.32 Å². The topological polar surface area (TPSA) is 157 Å². The molecule has 2 amide bonds. The number of halogens is 1. The van der Waals surface area contributed by atoms with Gasteiger partial charge in [-0.3, -0.25) is 19.8 Å². The van der Waals surface area contributed by atoms with E-state index in [4.69, 9.17) is 9.47 Å². The van der Waals surface area contributed by atoms with Crippen molar-refractivity contribution < 1.29 is 36.8 Å². The number of nitrogens with one attached hydrogen (secondary N) is 2. The highest BCUT2D eigenvalue weighted by atomic mass is 32.2. The maximum Gasteiger partial charge on any atom is 0.411 e. The summed E-state index contributed by atoms with van der Waals surface area (Å²) >= 11 is 0. The van der Waals surface area contributed by atoms with Crippen LogP contribution in [0.25, 0.3) is 0 Å². The molecule has 0 aromatic heterocycles. The van der Waals surface area contributed by atoms with Crippen LogP contribution in [0.4, 0.5) is 20.6 Å². The molecule has 2 aliphatic rings. The highest BCUT2D eigenvalue weighted by Crippen LogP contribution is 2.32. The summed E-state index contributed by atoms with van der Waals surface area (Å²) in [6.45, 7) is 5.95. The van der Waals surface area contributed by atoms with Crippen LogP contribution >= 0.6 is 0 Å². The largest absolute Gasteiger partial charge is 0.444 e. The molecule has 2 heterocycles. The quantitative estimate of drug-likeness (QED) is 0.239. The Morgan fingerprint density at radius 2 is 1.81 bits per heavy atom. The third kappa shape index (κ3) is 8.08. The van der Waals surface area contributed by atoms with Crippen LogP contribution in [-0.2, 0) is 19.5 Å². The molecule has 1 unspecified atom stereocenters. The zero-order chi connectivity index (χ0) is 31.4. The van der Waals surface area contributed by atoms with Crippen LogP contribution in [0.5, 0.6) is 0 Å². The molecule has 43 heavy (non-hydrogen) atoms. The summed E-state index contributed by atoms with van der Waals surface area (Å²) < 4.78 is 53.5. The van der Waals surface area contributed by atoms with Crippen LogP contribution in [0, 0.1) is 10.1 Å². The Morgan fingerprint density at radius 1 is 1.14 bits per heavy atom. The monoisotopic (exact) mass is 618 g/mol. The number of nitro groups is 1. The van der Waals surface area contributed by atoms with Crippen LogP contribution < -0.4 is 10.0 Å². The van der Waals surface area contributed by atoms with Crippen molar-refractivity contribution in [3.63, 3.8) is 0 Å². The van der Waals surface area contributed by atoms with Gasteiger partial charge in [-0.15, -0.1) is 0 Å². The van der Waals surface area contributed by atoms with Gasteiger partial charge in [0, 0.05) is 50.8 Å². The molecule has 0 radical (unpaired) electrons. The zero-order valence-corrected chi connectivity index (χ0v) is 25.0. The van der Waals surface area contributed by atoms with Gasteiger partial charge in [-0.1, -0.05) is 24.3 Å². The lowest BCUT2D eigenvalue weighted by molar-refractivity contribution is -0.384. The van der Waals surface area contributed by atoms with Gasteiger partial charge in [0.25, 0.3) is 21.6 Å². The maximum absolute atomic E-state index is 14.9. The zero-order valence-electron chi connectivity index (χ0n) is 24.2. The molecule has 2 N–H and O–H groups in total. The number of carbonyl (C=O) groups excluding carboxylic acids is 2. The van der Waals surface area contributed by atoms with Crippen LogP contribution in [0.15, 0.2) is 59.5 Å². The number of benzene rings is 2. The molecule has 2 aromatic carbocycles. The van der Waals surface area contributed by atoms with Crippen LogP contribution in [-0.4, -0.2) is 67.8 Å². The van der Waals surface area contributed by atoms with Crippen molar-refractivity contribution in [2.75, 3.05) is 31.6 Å². The van der Waals surface area contributed by atoms with E-state index in [9.17, 15) is 32.5 Å². The molecule has 2 aromatic rings. The van der Waals surface area contributed by atoms with Gasteiger partial charge in [-0.05, 0) is 57.0 Å². The molecule has 1 fully saturated rings. The summed E-state index contributed by atoms with van der Waals surface area (Å²) in [4.78, 5) is 37.6. The van der Waals surface area contributed by atoms with E-state index < -0.39 is 48.8 Å². The average molecular weight is 619 g/mol. The Bertz CT molecular complexity index is 1500. The highest BCUT2D eigenvalue weighted by Gasteiger charge is 2.33. The summed E-state index contributed by atoms with van der Waals surface area (Å²) in [5.74, 6) is -0.942. The minimum atomic E-state index is -4.50. The van der Waals surface area contributed by atoms with E-state index in [1.807, 2.05) is 16.9 Å². The molecular weight excluding hydrogens is 583 g/mol. The fourth-order valence-electron chi connectivity index (χ4n) is 4.75. The summed E-state index contributed by atoms with van der Waals surface area (Å²) in [6.07, 6.45) is 4.13. The lowest BCUT2D eigenvalue weighted by Gasteiger charge is -2.34. The van der Waals surface area contributed by atoms with E-state index in [-0.39, 0.29) is 49.9 Å². The van der Waals surface area contributed by atoms with Crippen LogP contribution in [0.3, 0.4) is 0 Å². The first-order chi connectivity index (χ1) is 20.2. The Labute approximate surface area is 249 Å². The molecule has 0 saturated carbocycles. The van der Waals surface area contributed by atoms with Gasteiger partial charge in [0.1, 0.15) is 17.0 Å². The second kappa shape index (κ2) is 12.7. The van der Waals surface area contributed by atoms with Crippen molar-refractivity contribution in [3.05, 3.63) is 75.9 Å². The lowest BCUT2D eigenvalue weighted by Crippen LogP contribution is -2.40. The maximum atomic E-state index is 14.9. The number of anilines is 1. The van der Waals surface area contributed by atoms with Gasteiger partial charge in [0.15, 0.2) is 0 Å². The van der Waals surface area contributed by atoms with E-state index in [1.165, 1.54) is 18.2 Å². The first kappa shape index (κ1) is 31.9. The number of ether oxygens (including phenoxy) is 2. The van der Waals surface area contributed by atoms with Gasteiger partial charge < -0.3 is 14.8 Å². The SMILES string of the molecule is CC(C)(C)OC(=O)N1CC=CCC1c1ccc(C(=O)NS(=O)(=O)c2ccc(NCC3(F)CCOCC3)c([N+](=O)[O-])c2)cc1. The Morgan fingerprint density at radius 3 is 2.44 bits per heavy atom. The van der Waals surface area contributed by atoms with Gasteiger partial charge in [0.2, 0.25) is 0 Å². The Hall–Kier alpha value is -4.04. The van der Waals surface area contributed by atoms with Gasteiger partial charge in [-0.25, -0.2) is 22.3 Å². The molecule has 232 valence electrons. The van der Waals surface area contributed by atoms with Crippen molar-refractivity contribution in [2.24, 2.45) is 0 Å². The average Bonchev–Trinajstić information content (AvgIpc) is 2.95. The van der Waals surface area contributed by atoms with Crippen molar-refractivity contribution in [1.82, 2.24) is 9.62 Å². The number of carbonyl (C=O) groups is 2. The summed E-state index contributed by atoms with van der Waals surface area (Å²) in [5, 5.41) is 14.4. The van der Waals surface area contributed by atoms with Crippen molar-refractivity contribution in [2.45, 2.75) is 62.2 Å². The van der Waals surface area contributed by atoms with Crippen molar-refractivity contribution in [3.8, 4) is 0 Å². The molecule has 1 saturated heterocycles. The molecule has 12 nitrogen and oxygen atoms in total. The van der Waals surface area contributed by atoms with E-state index >= 15 is 0 Å². The smallest absolute Gasteiger partial charge is 0.411 e.